The minimum absolute atomic E-state index is 0.00896. The van der Waals surface area contributed by atoms with Crippen LogP contribution in [0.15, 0.2) is 24.3 Å². The van der Waals surface area contributed by atoms with E-state index in [1.54, 1.807) is 24.3 Å². The van der Waals surface area contributed by atoms with E-state index in [1.165, 1.54) is 0 Å². The summed E-state index contributed by atoms with van der Waals surface area (Å²) in [5, 5.41) is 0.626. The van der Waals surface area contributed by atoms with Crippen molar-refractivity contribution in [2.75, 3.05) is 56.2 Å². The highest BCUT2D eigenvalue weighted by Crippen LogP contribution is 2.29. The van der Waals surface area contributed by atoms with Gasteiger partial charge in [-0.3, -0.25) is 4.79 Å². The maximum absolute atomic E-state index is 13.0. The van der Waals surface area contributed by atoms with Crippen LogP contribution in [0, 0.1) is 0 Å². The summed E-state index contributed by atoms with van der Waals surface area (Å²) in [5.74, 6) is 1.68. The first-order valence-electron chi connectivity index (χ1n) is 10.0. The molecule has 0 atom stereocenters. The number of carbonyl (C=O) groups is 1. The fourth-order valence-electron chi connectivity index (χ4n) is 3.70. The molecule has 154 valence electrons. The molecule has 2 aliphatic heterocycles. The van der Waals surface area contributed by atoms with Crippen LogP contribution < -0.4 is 9.80 Å². The number of ether oxygens (including phenoxy) is 1. The Morgan fingerprint density at radius 1 is 1.17 bits per heavy atom. The van der Waals surface area contributed by atoms with Crippen molar-refractivity contribution in [3.63, 3.8) is 0 Å². The van der Waals surface area contributed by atoms with Gasteiger partial charge in [0, 0.05) is 55.8 Å². The number of hydrogen-bond donors (Lipinski definition) is 0. The predicted molar refractivity (Wildman–Crippen MR) is 114 cm³/mol. The zero-order valence-electron chi connectivity index (χ0n) is 16.9. The number of hydrogen-bond acceptors (Lipinski definition) is 6. The van der Waals surface area contributed by atoms with Crippen molar-refractivity contribution in [1.82, 2.24) is 14.9 Å². The van der Waals surface area contributed by atoms with Crippen molar-refractivity contribution >= 4 is 29.3 Å². The minimum Gasteiger partial charge on any atom is -0.378 e. The van der Waals surface area contributed by atoms with E-state index in [-0.39, 0.29) is 5.91 Å². The van der Waals surface area contributed by atoms with Gasteiger partial charge < -0.3 is 19.4 Å². The van der Waals surface area contributed by atoms with Crippen molar-refractivity contribution in [2.45, 2.75) is 19.9 Å². The first-order valence-corrected chi connectivity index (χ1v) is 10.4. The fourth-order valence-corrected chi connectivity index (χ4v) is 3.83. The van der Waals surface area contributed by atoms with Gasteiger partial charge in [-0.1, -0.05) is 11.6 Å². The van der Waals surface area contributed by atoms with Crippen LogP contribution in [0.3, 0.4) is 0 Å². The summed E-state index contributed by atoms with van der Waals surface area (Å²) in [5.41, 5.74) is 2.73. The van der Waals surface area contributed by atoms with Crippen molar-refractivity contribution < 1.29 is 9.53 Å². The van der Waals surface area contributed by atoms with Crippen LogP contribution in [-0.4, -0.2) is 67.2 Å². The second-order valence-corrected chi connectivity index (χ2v) is 7.81. The third kappa shape index (κ3) is 4.16. The largest absolute Gasteiger partial charge is 0.378 e. The van der Waals surface area contributed by atoms with Gasteiger partial charge in [-0.2, -0.15) is 4.98 Å². The monoisotopic (exact) mass is 415 g/mol. The van der Waals surface area contributed by atoms with Gasteiger partial charge in [0.15, 0.2) is 0 Å². The van der Waals surface area contributed by atoms with E-state index in [2.05, 4.69) is 16.7 Å². The van der Waals surface area contributed by atoms with E-state index in [0.29, 0.717) is 36.9 Å². The average Bonchev–Trinajstić information content (AvgIpc) is 2.78. The van der Waals surface area contributed by atoms with Gasteiger partial charge in [-0.05, 0) is 31.2 Å². The number of aromatic nitrogens is 2. The van der Waals surface area contributed by atoms with Crippen molar-refractivity contribution in [3.05, 3.63) is 46.1 Å². The molecule has 1 aromatic heterocycles. The summed E-state index contributed by atoms with van der Waals surface area (Å²) in [6, 6.07) is 7.05. The molecule has 0 N–H and O–H groups in total. The Bertz CT molecular complexity index is 883. The highest BCUT2D eigenvalue weighted by Gasteiger charge is 2.28. The molecule has 0 bridgehead atoms. The standard InChI is InChI=1S/C21H26ClN5O2/c1-3-25(2)19-17-14-27(20(28)15-4-6-16(22)7-5-15)9-8-18(17)23-21(24-19)26-10-12-29-13-11-26/h4-7H,3,8-14H2,1-2H3. The number of carbonyl (C=O) groups excluding carboxylic acids is 1. The van der Waals surface area contributed by atoms with E-state index < -0.39 is 0 Å². The van der Waals surface area contributed by atoms with Gasteiger partial charge in [-0.25, -0.2) is 4.98 Å². The number of fused-ring (bicyclic) bond motifs is 1. The third-order valence-electron chi connectivity index (χ3n) is 5.53. The maximum atomic E-state index is 13.0. The Balaban J connectivity index is 1.64. The quantitative estimate of drug-likeness (QED) is 0.765. The van der Waals surface area contributed by atoms with Crippen molar-refractivity contribution in [2.24, 2.45) is 0 Å². The summed E-state index contributed by atoms with van der Waals surface area (Å²) in [4.78, 5) is 28.9. The molecule has 0 aliphatic carbocycles. The van der Waals surface area contributed by atoms with E-state index in [4.69, 9.17) is 26.3 Å². The number of halogens is 1. The first kappa shape index (κ1) is 19.9. The van der Waals surface area contributed by atoms with E-state index in [9.17, 15) is 4.79 Å². The maximum Gasteiger partial charge on any atom is 0.254 e. The number of benzene rings is 1. The Hall–Kier alpha value is -2.38. The number of morpholine rings is 1. The number of rotatable bonds is 4. The van der Waals surface area contributed by atoms with Crippen LogP contribution in [0.25, 0.3) is 0 Å². The van der Waals surface area contributed by atoms with Gasteiger partial charge in [0.1, 0.15) is 5.82 Å². The van der Waals surface area contributed by atoms with Gasteiger partial charge in [0.25, 0.3) is 5.91 Å². The topological polar surface area (TPSA) is 61.8 Å². The second kappa shape index (κ2) is 8.55. The lowest BCUT2D eigenvalue weighted by Gasteiger charge is -2.34. The summed E-state index contributed by atoms with van der Waals surface area (Å²) in [6.07, 6.45) is 0.721. The Morgan fingerprint density at radius 3 is 2.59 bits per heavy atom. The molecule has 2 aromatic rings. The van der Waals surface area contributed by atoms with Gasteiger partial charge in [0.2, 0.25) is 5.95 Å². The molecule has 0 spiro atoms. The van der Waals surface area contributed by atoms with Crippen LogP contribution in [0.1, 0.15) is 28.5 Å². The molecule has 1 aromatic carbocycles. The SMILES string of the molecule is CCN(C)c1nc(N2CCOCC2)nc2c1CN(C(=O)c1ccc(Cl)cc1)CC2. The van der Waals surface area contributed by atoms with Gasteiger partial charge >= 0.3 is 0 Å². The summed E-state index contributed by atoms with van der Waals surface area (Å²) >= 11 is 5.96. The number of nitrogens with zero attached hydrogens (tertiary/aromatic N) is 5. The molecule has 7 nitrogen and oxygen atoms in total. The molecule has 0 radical (unpaired) electrons. The highest BCUT2D eigenvalue weighted by atomic mass is 35.5. The fraction of sp³-hybridized carbons (Fsp3) is 0.476. The molecule has 1 fully saturated rings. The van der Waals surface area contributed by atoms with Crippen LogP contribution in [0.2, 0.25) is 5.02 Å². The van der Waals surface area contributed by atoms with Crippen molar-refractivity contribution in [1.29, 1.82) is 0 Å². The van der Waals surface area contributed by atoms with E-state index in [1.807, 2.05) is 11.9 Å². The first-order chi connectivity index (χ1) is 14.1. The third-order valence-corrected chi connectivity index (χ3v) is 5.79. The smallest absolute Gasteiger partial charge is 0.254 e. The summed E-state index contributed by atoms with van der Waals surface area (Å²) in [7, 11) is 2.03. The van der Waals surface area contributed by atoms with Crippen molar-refractivity contribution in [3.8, 4) is 0 Å². The second-order valence-electron chi connectivity index (χ2n) is 7.37. The number of anilines is 2. The van der Waals surface area contributed by atoms with Crippen LogP contribution in [0.4, 0.5) is 11.8 Å². The average molecular weight is 416 g/mol. The molecular weight excluding hydrogens is 390 g/mol. The molecule has 2 aliphatic rings. The van der Waals surface area contributed by atoms with Crippen LogP contribution in [-0.2, 0) is 17.7 Å². The zero-order chi connectivity index (χ0) is 20.4. The van der Waals surface area contributed by atoms with E-state index in [0.717, 1.165) is 49.1 Å². The molecule has 29 heavy (non-hydrogen) atoms. The Morgan fingerprint density at radius 2 is 1.90 bits per heavy atom. The molecule has 1 amide bonds. The predicted octanol–water partition coefficient (Wildman–Crippen LogP) is 2.62. The molecule has 1 saturated heterocycles. The minimum atomic E-state index is 0.00896. The highest BCUT2D eigenvalue weighted by molar-refractivity contribution is 6.30. The Kier molecular flexibility index (Phi) is 5.87. The lowest BCUT2D eigenvalue weighted by atomic mass is 10.0. The molecule has 0 unspecified atom stereocenters. The molecule has 4 rings (SSSR count). The molecule has 0 saturated carbocycles. The Labute approximate surface area is 176 Å². The van der Waals surface area contributed by atoms with Gasteiger partial charge in [-0.15, -0.1) is 0 Å². The molecule has 8 heteroatoms. The summed E-state index contributed by atoms with van der Waals surface area (Å²) < 4.78 is 5.46. The van der Waals surface area contributed by atoms with Crippen LogP contribution in [0.5, 0.6) is 0 Å². The van der Waals surface area contributed by atoms with E-state index >= 15 is 0 Å². The van der Waals surface area contributed by atoms with Crippen LogP contribution >= 0.6 is 11.6 Å². The zero-order valence-corrected chi connectivity index (χ0v) is 17.7. The van der Waals surface area contributed by atoms with Gasteiger partial charge in [0.05, 0.1) is 25.5 Å². The normalized spacial score (nSPS) is 16.5. The molecular formula is C21H26ClN5O2. The summed E-state index contributed by atoms with van der Waals surface area (Å²) in [6.45, 7) is 7.08. The lowest BCUT2D eigenvalue weighted by molar-refractivity contribution is 0.0733. The number of amides is 1. The lowest BCUT2D eigenvalue weighted by Crippen LogP contribution is -2.40. The molecule has 3 heterocycles.